The fourth-order valence-corrected chi connectivity index (χ4v) is 4.47. The van der Waals surface area contributed by atoms with Crippen LogP contribution in [-0.2, 0) is 22.6 Å². The molecule has 0 unspecified atom stereocenters. The molecule has 0 saturated heterocycles. The van der Waals surface area contributed by atoms with Crippen LogP contribution in [0.15, 0.2) is 42.5 Å². The maximum atomic E-state index is 13.3. The van der Waals surface area contributed by atoms with E-state index in [1.165, 1.54) is 6.42 Å². The molecule has 1 aliphatic rings. The lowest BCUT2D eigenvalue weighted by molar-refractivity contribution is -0.140. The third kappa shape index (κ3) is 6.63. The highest BCUT2D eigenvalue weighted by Crippen LogP contribution is 2.24. The Bertz CT molecular complexity index is 927. The van der Waals surface area contributed by atoms with Crippen LogP contribution in [0.2, 0.25) is 10.0 Å². The van der Waals surface area contributed by atoms with E-state index in [4.69, 9.17) is 27.9 Å². The second-order valence-corrected chi connectivity index (χ2v) is 9.15. The molecule has 1 aliphatic carbocycles. The third-order valence-electron chi connectivity index (χ3n) is 5.99. The molecule has 5 nitrogen and oxygen atoms in total. The average Bonchev–Trinajstić information content (AvgIpc) is 2.79. The van der Waals surface area contributed by atoms with E-state index in [2.05, 4.69) is 5.32 Å². The van der Waals surface area contributed by atoms with Crippen LogP contribution >= 0.6 is 23.2 Å². The summed E-state index contributed by atoms with van der Waals surface area (Å²) in [5.41, 5.74) is 1.60. The lowest BCUT2D eigenvalue weighted by Crippen LogP contribution is -2.50. The second kappa shape index (κ2) is 11.6. The molecule has 1 N–H and O–H groups in total. The van der Waals surface area contributed by atoms with E-state index in [1.54, 1.807) is 37.1 Å². The number of carbonyl (C=O) groups excluding carboxylic acids is 2. The molecule has 0 bridgehead atoms. The SMILES string of the molecule is COc1ccc(CC(=O)N(Cc2ccc(Cl)cc2Cl)[C@H](C)C(=O)NC2CCCCC2)cc1. The maximum Gasteiger partial charge on any atom is 0.242 e. The molecular weight excluding hydrogens is 447 g/mol. The van der Waals surface area contributed by atoms with E-state index in [9.17, 15) is 9.59 Å². The van der Waals surface area contributed by atoms with Gasteiger partial charge in [-0.1, -0.05) is 60.7 Å². The molecule has 0 radical (unpaired) electrons. The van der Waals surface area contributed by atoms with Crippen molar-refractivity contribution in [2.45, 2.75) is 64.1 Å². The first-order valence-electron chi connectivity index (χ1n) is 11.0. The molecule has 0 spiro atoms. The Morgan fingerprint density at radius 3 is 2.41 bits per heavy atom. The summed E-state index contributed by atoms with van der Waals surface area (Å²) in [5.74, 6) is 0.448. The number of rotatable bonds is 8. The van der Waals surface area contributed by atoms with Gasteiger partial charge in [0.25, 0.3) is 0 Å². The number of carbonyl (C=O) groups is 2. The van der Waals surface area contributed by atoms with Crippen LogP contribution in [-0.4, -0.2) is 35.9 Å². The molecule has 0 heterocycles. The molecule has 1 atom stereocenters. The van der Waals surface area contributed by atoms with Crippen molar-refractivity contribution in [2.75, 3.05) is 7.11 Å². The highest BCUT2D eigenvalue weighted by Gasteiger charge is 2.28. The Morgan fingerprint density at radius 2 is 1.78 bits per heavy atom. The van der Waals surface area contributed by atoms with Gasteiger partial charge in [0.2, 0.25) is 11.8 Å². The average molecular weight is 477 g/mol. The molecule has 1 fully saturated rings. The van der Waals surface area contributed by atoms with Gasteiger partial charge in [-0.15, -0.1) is 0 Å². The number of benzene rings is 2. The van der Waals surface area contributed by atoms with Crippen LogP contribution < -0.4 is 10.1 Å². The Labute approximate surface area is 200 Å². The molecule has 32 heavy (non-hydrogen) atoms. The number of nitrogens with one attached hydrogen (secondary N) is 1. The molecule has 2 aromatic rings. The Morgan fingerprint density at radius 1 is 1.09 bits per heavy atom. The van der Waals surface area contributed by atoms with E-state index in [-0.39, 0.29) is 30.8 Å². The topological polar surface area (TPSA) is 58.6 Å². The van der Waals surface area contributed by atoms with Gasteiger partial charge < -0.3 is 15.0 Å². The Hall–Kier alpha value is -2.24. The Balaban J connectivity index is 1.78. The van der Waals surface area contributed by atoms with Crippen molar-refractivity contribution in [3.63, 3.8) is 0 Å². The number of halogens is 2. The highest BCUT2D eigenvalue weighted by molar-refractivity contribution is 6.35. The number of nitrogens with zero attached hydrogens (tertiary/aromatic N) is 1. The number of hydrogen-bond donors (Lipinski definition) is 1. The first-order valence-corrected chi connectivity index (χ1v) is 11.8. The molecule has 2 amide bonds. The van der Waals surface area contributed by atoms with E-state index < -0.39 is 6.04 Å². The quantitative estimate of drug-likeness (QED) is 0.553. The smallest absolute Gasteiger partial charge is 0.242 e. The zero-order valence-electron chi connectivity index (χ0n) is 18.6. The monoisotopic (exact) mass is 476 g/mol. The molecular formula is C25H30Cl2N2O3. The summed E-state index contributed by atoms with van der Waals surface area (Å²) in [4.78, 5) is 28.0. The number of hydrogen-bond acceptors (Lipinski definition) is 3. The van der Waals surface area contributed by atoms with Crippen LogP contribution in [0.1, 0.15) is 50.2 Å². The van der Waals surface area contributed by atoms with Gasteiger partial charge in [-0.05, 0) is 55.2 Å². The number of ether oxygens (including phenoxy) is 1. The minimum atomic E-state index is -0.630. The fourth-order valence-electron chi connectivity index (χ4n) is 4.00. The van der Waals surface area contributed by atoms with Crippen molar-refractivity contribution >= 4 is 35.0 Å². The van der Waals surface area contributed by atoms with Gasteiger partial charge in [0.05, 0.1) is 13.5 Å². The van der Waals surface area contributed by atoms with Gasteiger partial charge in [0, 0.05) is 22.6 Å². The first kappa shape index (κ1) is 24.4. The standard InChI is InChI=1S/C25H30Cl2N2O3/c1-17(25(31)28-21-6-4-3-5-7-21)29(16-19-10-11-20(26)15-23(19)27)24(30)14-18-8-12-22(32-2)13-9-18/h8-13,15,17,21H,3-7,14,16H2,1-2H3,(H,28,31)/t17-/m1/s1. The van der Waals surface area contributed by atoms with Gasteiger partial charge in [-0.25, -0.2) is 0 Å². The van der Waals surface area contributed by atoms with Crippen molar-refractivity contribution in [2.24, 2.45) is 0 Å². The van der Waals surface area contributed by atoms with Gasteiger partial charge in [0.1, 0.15) is 11.8 Å². The summed E-state index contributed by atoms with van der Waals surface area (Å²) >= 11 is 12.4. The second-order valence-electron chi connectivity index (χ2n) is 8.30. The van der Waals surface area contributed by atoms with Crippen molar-refractivity contribution in [3.8, 4) is 5.75 Å². The molecule has 0 aromatic heterocycles. The summed E-state index contributed by atoms with van der Waals surface area (Å²) in [6.07, 6.45) is 5.61. The first-order chi connectivity index (χ1) is 15.4. The normalized spacial score (nSPS) is 15.1. The minimum Gasteiger partial charge on any atom is -0.497 e. The van der Waals surface area contributed by atoms with E-state index in [0.29, 0.717) is 10.0 Å². The fraction of sp³-hybridized carbons (Fsp3) is 0.440. The van der Waals surface area contributed by atoms with Crippen LogP contribution in [0, 0.1) is 0 Å². The van der Waals surface area contributed by atoms with Crippen LogP contribution in [0.5, 0.6) is 5.75 Å². The number of amides is 2. The van der Waals surface area contributed by atoms with Crippen molar-refractivity contribution < 1.29 is 14.3 Å². The molecule has 1 saturated carbocycles. The van der Waals surface area contributed by atoms with E-state index in [0.717, 1.165) is 42.6 Å². The zero-order valence-corrected chi connectivity index (χ0v) is 20.1. The van der Waals surface area contributed by atoms with Gasteiger partial charge in [-0.3, -0.25) is 9.59 Å². The molecule has 2 aromatic carbocycles. The molecule has 3 rings (SSSR count). The van der Waals surface area contributed by atoms with Crippen LogP contribution in [0.3, 0.4) is 0 Å². The number of methoxy groups -OCH3 is 1. The maximum absolute atomic E-state index is 13.3. The predicted molar refractivity (Wildman–Crippen MR) is 128 cm³/mol. The third-order valence-corrected chi connectivity index (χ3v) is 6.58. The summed E-state index contributed by atoms with van der Waals surface area (Å²) in [6.45, 7) is 2.00. The lowest BCUT2D eigenvalue weighted by Gasteiger charge is -2.31. The lowest BCUT2D eigenvalue weighted by atomic mass is 9.95. The summed E-state index contributed by atoms with van der Waals surface area (Å²) in [5, 5.41) is 4.14. The van der Waals surface area contributed by atoms with E-state index >= 15 is 0 Å². The highest BCUT2D eigenvalue weighted by atomic mass is 35.5. The van der Waals surface area contributed by atoms with E-state index in [1.807, 2.05) is 24.3 Å². The van der Waals surface area contributed by atoms with Crippen LogP contribution in [0.25, 0.3) is 0 Å². The van der Waals surface area contributed by atoms with Crippen molar-refractivity contribution in [3.05, 3.63) is 63.6 Å². The molecule has 7 heteroatoms. The Kier molecular flexibility index (Phi) is 8.83. The zero-order chi connectivity index (χ0) is 23.1. The van der Waals surface area contributed by atoms with Crippen molar-refractivity contribution in [1.82, 2.24) is 10.2 Å². The van der Waals surface area contributed by atoms with Gasteiger partial charge >= 0.3 is 0 Å². The van der Waals surface area contributed by atoms with Gasteiger partial charge in [-0.2, -0.15) is 0 Å². The summed E-state index contributed by atoms with van der Waals surface area (Å²) < 4.78 is 5.19. The minimum absolute atomic E-state index is 0.134. The summed E-state index contributed by atoms with van der Waals surface area (Å²) in [6, 6.07) is 12.1. The predicted octanol–water partition coefficient (Wildman–Crippen LogP) is 5.41. The molecule has 0 aliphatic heterocycles. The van der Waals surface area contributed by atoms with Crippen molar-refractivity contribution in [1.29, 1.82) is 0 Å². The molecule has 172 valence electrons. The largest absolute Gasteiger partial charge is 0.497 e. The van der Waals surface area contributed by atoms with Gasteiger partial charge in [0.15, 0.2) is 0 Å². The summed E-state index contributed by atoms with van der Waals surface area (Å²) in [7, 11) is 1.60. The van der Waals surface area contributed by atoms with Crippen LogP contribution in [0.4, 0.5) is 0 Å².